The molecule has 0 saturated carbocycles. The lowest BCUT2D eigenvalue weighted by molar-refractivity contribution is 0.410. The number of hydrogen-bond acceptors (Lipinski definition) is 4. The van der Waals surface area contributed by atoms with Gasteiger partial charge in [-0.15, -0.1) is 11.8 Å². The number of thioether (sulfide) groups is 1. The van der Waals surface area contributed by atoms with Gasteiger partial charge in [0.2, 0.25) is 0 Å². The fourth-order valence-corrected chi connectivity index (χ4v) is 2.86. The van der Waals surface area contributed by atoms with Gasteiger partial charge in [-0.1, -0.05) is 0 Å². The maximum Gasteiger partial charge on any atom is 0.0993 e. The molecule has 0 amide bonds. The highest BCUT2D eigenvalue weighted by molar-refractivity contribution is 7.99. The van der Waals surface area contributed by atoms with Crippen molar-refractivity contribution in [2.45, 2.75) is 17.9 Å². The average molecular weight is 233 g/mol. The first kappa shape index (κ1) is 11.4. The molecule has 1 aromatic heterocycles. The fraction of sp³-hybridized carbons (Fsp3) is 0.500. The van der Waals surface area contributed by atoms with E-state index in [4.69, 9.17) is 5.26 Å². The molecule has 0 bridgehead atoms. The van der Waals surface area contributed by atoms with E-state index in [2.05, 4.69) is 16.4 Å². The third kappa shape index (κ3) is 3.22. The first-order chi connectivity index (χ1) is 7.88. The second-order valence-corrected chi connectivity index (χ2v) is 5.06. The van der Waals surface area contributed by atoms with Gasteiger partial charge in [0.25, 0.3) is 0 Å². The van der Waals surface area contributed by atoms with Crippen LogP contribution in [0.4, 0.5) is 0 Å². The molecule has 16 heavy (non-hydrogen) atoms. The number of piperidine rings is 1. The highest BCUT2D eigenvalue weighted by Gasteiger charge is 2.13. The monoisotopic (exact) mass is 233 g/mol. The molecule has 1 aliphatic rings. The molecule has 3 nitrogen and oxygen atoms in total. The minimum absolute atomic E-state index is 0.694. The van der Waals surface area contributed by atoms with Crippen LogP contribution in [0, 0.1) is 17.2 Å². The number of aromatic nitrogens is 1. The maximum absolute atomic E-state index is 8.78. The summed E-state index contributed by atoms with van der Waals surface area (Å²) in [6.45, 7) is 2.27. The Labute approximate surface area is 100 Å². The number of rotatable bonds is 3. The highest BCUT2D eigenvalue weighted by atomic mass is 32.2. The predicted octanol–water partition coefficient (Wildman–Crippen LogP) is 2.04. The molecule has 0 aliphatic carbocycles. The summed E-state index contributed by atoms with van der Waals surface area (Å²) in [6, 6.07) is 5.74. The van der Waals surface area contributed by atoms with Crippen LogP contribution in [0.1, 0.15) is 18.4 Å². The second kappa shape index (κ2) is 5.88. The standard InChI is InChI=1S/C12H15N3S/c13-7-10-3-5-15-12(6-10)16-9-11-2-1-4-14-8-11/h3,5-6,11,14H,1-2,4,8-9H2. The average Bonchev–Trinajstić information content (AvgIpc) is 2.38. The van der Waals surface area contributed by atoms with Crippen LogP contribution in [-0.2, 0) is 0 Å². The van der Waals surface area contributed by atoms with Crippen LogP contribution in [0.5, 0.6) is 0 Å². The van der Waals surface area contributed by atoms with Gasteiger partial charge in [0.15, 0.2) is 0 Å². The van der Waals surface area contributed by atoms with Gasteiger partial charge in [0.05, 0.1) is 16.7 Å². The zero-order valence-corrected chi connectivity index (χ0v) is 9.96. The van der Waals surface area contributed by atoms with Crippen LogP contribution >= 0.6 is 11.8 Å². The summed E-state index contributed by atoms with van der Waals surface area (Å²) in [5.74, 6) is 1.83. The molecule has 84 valence electrons. The largest absolute Gasteiger partial charge is 0.316 e. The van der Waals surface area contributed by atoms with Crippen molar-refractivity contribution < 1.29 is 0 Å². The molecular formula is C12H15N3S. The Kier molecular flexibility index (Phi) is 4.20. The van der Waals surface area contributed by atoms with E-state index in [1.807, 2.05) is 6.07 Å². The van der Waals surface area contributed by atoms with Gasteiger partial charge in [0, 0.05) is 11.9 Å². The van der Waals surface area contributed by atoms with E-state index < -0.39 is 0 Å². The van der Waals surface area contributed by atoms with E-state index in [9.17, 15) is 0 Å². The zero-order chi connectivity index (χ0) is 11.2. The first-order valence-corrected chi connectivity index (χ1v) is 6.57. The third-order valence-electron chi connectivity index (χ3n) is 2.73. The number of nitriles is 1. The summed E-state index contributed by atoms with van der Waals surface area (Å²) >= 11 is 1.75. The zero-order valence-electron chi connectivity index (χ0n) is 9.15. The van der Waals surface area contributed by atoms with Crippen molar-refractivity contribution in [1.29, 1.82) is 5.26 Å². The van der Waals surface area contributed by atoms with Gasteiger partial charge in [-0.05, 0) is 44.0 Å². The Morgan fingerprint density at radius 1 is 1.62 bits per heavy atom. The van der Waals surface area contributed by atoms with Crippen LogP contribution in [-0.4, -0.2) is 23.8 Å². The van der Waals surface area contributed by atoms with Crippen molar-refractivity contribution in [2.24, 2.45) is 5.92 Å². The number of nitrogens with one attached hydrogen (secondary N) is 1. The Bertz CT molecular complexity index is 380. The summed E-state index contributed by atoms with van der Waals surface area (Å²) in [5, 5.41) is 13.2. The summed E-state index contributed by atoms with van der Waals surface area (Å²) in [5.41, 5.74) is 0.694. The van der Waals surface area contributed by atoms with Crippen molar-refractivity contribution >= 4 is 11.8 Å². The van der Waals surface area contributed by atoms with Crippen LogP contribution in [0.2, 0.25) is 0 Å². The van der Waals surface area contributed by atoms with Crippen molar-refractivity contribution in [1.82, 2.24) is 10.3 Å². The molecule has 0 aromatic carbocycles. The molecule has 0 spiro atoms. The Morgan fingerprint density at radius 3 is 3.31 bits per heavy atom. The lowest BCUT2D eigenvalue weighted by Crippen LogP contribution is -2.30. The SMILES string of the molecule is N#Cc1ccnc(SCC2CCCNC2)c1. The van der Waals surface area contributed by atoms with Crippen LogP contribution in [0.3, 0.4) is 0 Å². The second-order valence-electron chi connectivity index (χ2n) is 4.02. The molecule has 2 heterocycles. The van der Waals surface area contributed by atoms with E-state index >= 15 is 0 Å². The van der Waals surface area contributed by atoms with Gasteiger partial charge in [-0.2, -0.15) is 5.26 Å². The number of nitrogens with zero attached hydrogens (tertiary/aromatic N) is 2. The van der Waals surface area contributed by atoms with Gasteiger partial charge < -0.3 is 5.32 Å². The summed E-state index contributed by atoms with van der Waals surface area (Å²) < 4.78 is 0. The van der Waals surface area contributed by atoms with E-state index in [0.29, 0.717) is 5.56 Å². The van der Waals surface area contributed by atoms with Crippen molar-refractivity contribution in [3.63, 3.8) is 0 Å². The lowest BCUT2D eigenvalue weighted by Gasteiger charge is -2.21. The topological polar surface area (TPSA) is 48.7 Å². The van der Waals surface area contributed by atoms with Gasteiger partial charge in [-0.3, -0.25) is 0 Å². The molecule has 1 atom stereocenters. The third-order valence-corrected chi connectivity index (χ3v) is 3.89. The lowest BCUT2D eigenvalue weighted by atomic mass is 10.0. The summed E-state index contributed by atoms with van der Waals surface area (Å²) in [4.78, 5) is 4.26. The quantitative estimate of drug-likeness (QED) is 0.812. The molecule has 2 rings (SSSR count). The van der Waals surface area contributed by atoms with Crippen molar-refractivity contribution in [3.8, 4) is 6.07 Å². The molecule has 1 saturated heterocycles. The molecule has 0 radical (unpaired) electrons. The van der Waals surface area contributed by atoms with E-state index in [-0.39, 0.29) is 0 Å². The smallest absolute Gasteiger partial charge is 0.0993 e. The number of hydrogen-bond donors (Lipinski definition) is 1. The van der Waals surface area contributed by atoms with Crippen LogP contribution in [0.25, 0.3) is 0 Å². The Morgan fingerprint density at radius 2 is 2.56 bits per heavy atom. The minimum Gasteiger partial charge on any atom is -0.316 e. The van der Waals surface area contributed by atoms with E-state index in [1.165, 1.54) is 12.8 Å². The molecule has 1 fully saturated rings. The molecule has 1 unspecified atom stereocenters. The van der Waals surface area contributed by atoms with Gasteiger partial charge in [-0.25, -0.2) is 4.98 Å². The molecule has 1 aromatic rings. The first-order valence-electron chi connectivity index (χ1n) is 5.58. The van der Waals surface area contributed by atoms with Crippen molar-refractivity contribution in [2.75, 3.05) is 18.8 Å². The van der Waals surface area contributed by atoms with Crippen LogP contribution < -0.4 is 5.32 Å². The Balaban J connectivity index is 1.86. The highest BCUT2D eigenvalue weighted by Crippen LogP contribution is 2.22. The van der Waals surface area contributed by atoms with E-state index in [0.717, 1.165) is 29.8 Å². The molecule has 1 N–H and O–H groups in total. The predicted molar refractivity (Wildman–Crippen MR) is 65.3 cm³/mol. The van der Waals surface area contributed by atoms with Crippen LogP contribution in [0.15, 0.2) is 23.4 Å². The minimum atomic E-state index is 0.694. The fourth-order valence-electron chi connectivity index (χ4n) is 1.83. The normalized spacial score (nSPS) is 20.3. The van der Waals surface area contributed by atoms with Crippen molar-refractivity contribution in [3.05, 3.63) is 23.9 Å². The summed E-state index contributed by atoms with van der Waals surface area (Å²) in [6.07, 6.45) is 4.29. The van der Waals surface area contributed by atoms with Gasteiger partial charge in [0.1, 0.15) is 0 Å². The Hall–Kier alpha value is -1.05. The van der Waals surface area contributed by atoms with E-state index in [1.54, 1.807) is 24.0 Å². The number of pyridine rings is 1. The molecule has 1 aliphatic heterocycles. The molecular weight excluding hydrogens is 218 g/mol. The maximum atomic E-state index is 8.78. The van der Waals surface area contributed by atoms with Gasteiger partial charge >= 0.3 is 0 Å². The molecule has 4 heteroatoms. The summed E-state index contributed by atoms with van der Waals surface area (Å²) in [7, 11) is 0.